The number of nitrogens with zero attached hydrogens (tertiary/aromatic N) is 1. The summed E-state index contributed by atoms with van der Waals surface area (Å²) in [7, 11) is 0. The zero-order chi connectivity index (χ0) is 15.2. The molecule has 0 aliphatic carbocycles. The van der Waals surface area contributed by atoms with Crippen molar-refractivity contribution in [3.05, 3.63) is 23.2 Å². The summed E-state index contributed by atoms with van der Waals surface area (Å²) in [5.74, 6) is 3.77. The van der Waals surface area contributed by atoms with E-state index in [1.807, 2.05) is 0 Å². The van der Waals surface area contributed by atoms with Gasteiger partial charge in [-0.1, -0.05) is 27.2 Å². The van der Waals surface area contributed by atoms with Gasteiger partial charge < -0.3 is 9.73 Å². The van der Waals surface area contributed by atoms with Crippen LogP contribution in [0.4, 0.5) is 0 Å². The lowest BCUT2D eigenvalue weighted by molar-refractivity contribution is 0.154. The molecule has 21 heavy (non-hydrogen) atoms. The van der Waals surface area contributed by atoms with Gasteiger partial charge in [0.25, 0.3) is 0 Å². The van der Waals surface area contributed by atoms with E-state index in [9.17, 15) is 0 Å². The van der Waals surface area contributed by atoms with Gasteiger partial charge in [0.15, 0.2) is 0 Å². The van der Waals surface area contributed by atoms with Gasteiger partial charge in [-0.05, 0) is 50.8 Å². The molecule has 0 radical (unpaired) electrons. The summed E-state index contributed by atoms with van der Waals surface area (Å²) in [5, 5.41) is 3.50. The van der Waals surface area contributed by atoms with Gasteiger partial charge in [0.1, 0.15) is 11.5 Å². The van der Waals surface area contributed by atoms with E-state index in [4.69, 9.17) is 4.42 Å². The summed E-state index contributed by atoms with van der Waals surface area (Å²) in [5.41, 5.74) is 1.31. The van der Waals surface area contributed by atoms with E-state index in [0.717, 1.165) is 37.1 Å². The number of hydrogen-bond acceptors (Lipinski definition) is 3. The van der Waals surface area contributed by atoms with Crippen LogP contribution in [0, 0.1) is 18.8 Å². The highest BCUT2D eigenvalue weighted by molar-refractivity contribution is 5.20. The number of aryl methyl sites for hydroxylation is 1. The Hall–Kier alpha value is -0.800. The van der Waals surface area contributed by atoms with Gasteiger partial charge in [-0.25, -0.2) is 0 Å². The van der Waals surface area contributed by atoms with E-state index in [1.54, 1.807) is 0 Å². The molecule has 1 aliphatic rings. The minimum Gasteiger partial charge on any atom is -0.465 e. The molecule has 1 aromatic heterocycles. The van der Waals surface area contributed by atoms with Crippen molar-refractivity contribution in [2.24, 2.45) is 11.8 Å². The molecule has 0 bridgehead atoms. The molecule has 0 spiro atoms. The number of nitrogens with one attached hydrogen (secondary N) is 1. The Bertz CT molecular complexity index is 425. The Morgan fingerprint density at radius 1 is 1.43 bits per heavy atom. The Labute approximate surface area is 130 Å². The zero-order valence-electron chi connectivity index (χ0n) is 14.2. The minimum atomic E-state index is 0.691. The lowest BCUT2D eigenvalue weighted by Gasteiger charge is -2.31. The molecule has 1 fully saturated rings. The van der Waals surface area contributed by atoms with Gasteiger partial charge in [0.2, 0.25) is 0 Å². The van der Waals surface area contributed by atoms with Crippen LogP contribution in [0.15, 0.2) is 10.5 Å². The van der Waals surface area contributed by atoms with Crippen LogP contribution in [0.1, 0.15) is 57.1 Å². The van der Waals surface area contributed by atoms with E-state index in [1.165, 1.54) is 37.9 Å². The predicted octanol–water partition coefficient (Wildman–Crippen LogP) is 3.96. The molecular formula is C18H32N2O. The van der Waals surface area contributed by atoms with Gasteiger partial charge >= 0.3 is 0 Å². The van der Waals surface area contributed by atoms with Crippen LogP contribution in [0.5, 0.6) is 0 Å². The summed E-state index contributed by atoms with van der Waals surface area (Å²) < 4.78 is 5.96. The van der Waals surface area contributed by atoms with Crippen molar-refractivity contribution in [3.63, 3.8) is 0 Å². The summed E-state index contributed by atoms with van der Waals surface area (Å²) in [6, 6.07) is 2.25. The van der Waals surface area contributed by atoms with Crippen molar-refractivity contribution in [2.75, 3.05) is 19.6 Å². The van der Waals surface area contributed by atoms with Crippen LogP contribution in [0.3, 0.4) is 0 Å². The van der Waals surface area contributed by atoms with Gasteiger partial charge in [-0.15, -0.1) is 0 Å². The van der Waals surface area contributed by atoms with Gasteiger partial charge in [0.05, 0.1) is 6.54 Å². The van der Waals surface area contributed by atoms with Crippen molar-refractivity contribution < 1.29 is 4.42 Å². The monoisotopic (exact) mass is 292 g/mol. The third kappa shape index (κ3) is 5.15. The highest BCUT2D eigenvalue weighted by Gasteiger charge is 2.20. The first-order chi connectivity index (χ1) is 10.1. The number of rotatable bonds is 7. The first-order valence-corrected chi connectivity index (χ1v) is 8.59. The first-order valence-electron chi connectivity index (χ1n) is 8.59. The summed E-state index contributed by atoms with van der Waals surface area (Å²) in [4.78, 5) is 2.56. The third-order valence-corrected chi connectivity index (χ3v) is 4.50. The molecule has 1 atom stereocenters. The number of furan rings is 1. The molecule has 1 aliphatic heterocycles. The van der Waals surface area contributed by atoms with Crippen LogP contribution >= 0.6 is 0 Å². The quantitative estimate of drug-likeness (QED) is 0.824. The molecule has 3 heteroatoms. The number of likely N-dealkylation sites (tertiary alicyclic amines) is 1. The molecule has 1 N–H and O–H groups in total. The first kappa shape index (κ1) is 16.6. The van der Waals surface area contributed by atoms with Crippen LogP contribution < -0.4 is 5.32 Å². The minimum absolute atomic E-state index is 0.691. The standard InChI is InChI=1S/C18H32N2O/c1-5-16-7-6-8-20(12-16)13-18-9-17(15(4)21-18)11-19-10-14(2)3/h9,14,16,19H,5-8,10-13H2,1-4H3. The Morgan fingerprint density at radius 3 is 2.95 bits per heavy atom. The van der Waals surface area contributed by atoms with E-state index < -0.39 is 0 Å². The molecule has 120 valence electrons. The van der Waals surface area contributed by atoms with Gasteiger partial charge in [0, 0.05) is 18.7 Å². The summed E-state index contributed by atoms with van der Waals surface area (Å²) in [6.07, 6.45) is 4.04. The Morgan fingerprint density at radius 2 is 2.24 bits per heavy atom. The molecule has 2 rings (SSSR count). The molecule has 1 saturated heterocycles. The highest BCUT2D eigenvalue weighted by atomic mass is 16.3. The molecule has 3 nitrogen and oxygen atoms in total. The Kier molecular flexibility index (Phi) is 6.31. The fourth-order valence-corrected chi connectivity index (χ4v) is 3.19. The second-order valence-corrected chi connectivity index (χ2v) is 6.97. The SMILES string of the molecule is CCC1CCCN(Cc2cc(CNCC(C)C)c(C)o2)C1. The van der Waals surface area contributed by atoms with Crippen LogP contribution in [-0.2, 0) is 13.1 Å². The lowest BCUT2D eigenvalue weighted by atomic mass is 9.96. The van der Waals surface area contributed by atoms with E-state index in [0.29, 0.717) is 5.92 Å². The average molecular weight is 292 g/mol. The molecule has 2 heterocycles. The summed E-state index contributed by atoms with van der Waals surface area (Å²) >= 11 is 0. The summed E-state index contributed by atoms with van der Waals surface area (Å²) in [6.45, 7) is 14.3. The molecule has 1 unspecified atom stereocenters. The van der Waals surface area contributed by atoms with Gasteiger partial charge in [-0.3, -0.25) is 4.90 Å². The Balaban J connectivity index is 1.86. The predicted molar refractivity (Wildman–Crippen MR) is 88.3 cm³/mol. The normalized spacial score (nSPS) is 20.3. The van der Waals surface area contributed by atoms with Crippen LogP contribution in [0.25, 0.3) is 0 Å². The van der Waals surface area contributed by atoms with Crippen LogP contribution in [-0.4, -0.2) is 24.5 Å². The smallest absolute Gasteiger partial charge is 0.118 e. The van der Waals surface area contributed by atoms with E-state index >= 15 is 0 Å². The van der Waals surface area contributed by atoms with E-state index in [-0.39, 0.29) is 0 Å². The lowest BCUT2D eigenvalue weighted by Crippen LogP contribution is -2.34. The van der Waals surface area contributed by atoms with Crippen molar-refractivity contribution >= 4 is 0 Å². The number of piperidine rings is 1. The van der Waals surface area contributed by atoms with E-state index in [2.05, 4.69) is 44.0 Å². The molecule has 0 aromatic carbocycles. The molecule has 0 saturated carbocycles. The molecular weight excluding hydrogens is 260 g/mol. The fraction of sp³-hybridized carbons (Fsp3) is 0.778. The van der Waals surface area contributed by atoms with Crippen molar-refractivity contribution in [3.8, 4) is 0 Å². The largest absolute Gasteiger partial charge is 0.465 e. The molecule has 0 amide bonds. The third-order valence-electron chi connectivity index (χ3n) is 4.50. The van der Waals surface area contributed by atoms with Crippen molar-refractivity contribution in [2.45, 2.75) is 60.0 Å². The van der Waals surface area contributed by atoms with Crippen molar-refractivity contribution in [1.29, 1.82) is 0 Å². The maximum atomic E-state index is 5.96. The topological polar surface area (TPSA) is 28.4 Å². The second kappa shape index (κ2) is 8.00. The van der Waals surface area contributed by atoms with Gasteiger partial charge in [-0.2, -0.15) is 0 Å². The second-order valence-electron chi connectivity index (χ2n) is 6.97. The zero-order valence-corrected chi connectivity index (χ0v) is 14.2. The average Bonchev–Trinajstić information content (AvgIpc) is 2.79. The maximum absolute atomic E-state index is 5.96. The molecule has 1 aromatic rings. The fourth-order valence-electron chi connectivity index (χ4n) is 3.19. The maximum Gasteiger partial charge on any atom is 0.118 e. The number of hydrogen-bond donors (Lipinski definition) is 1. The van der Waals surface area contributed by atoms with Crippen molar-refractivity contribution in [1.82, 2.24) is 10.2 Å². The highest BCUT2D eigenvalue weighted by Crippen LogP contribution is 2.22. The van der Waals surface area contributed by atoms with Crippen LogP contribution in [0.2, 0.25) is 0 Å².